The van der Waals surface area contributed by atoms with Crippen molar-refractivity contribution in [2.45, 2.75) is 122 Å². The van der Waals surface area contributed by atoms with Crippen LogP contribution in [0.5, 0.6) is 0 Å². The van der Waals surface area contributed by atoms with Crippen molar-refractivity contribution in [2.75, 3.05) is 24.2 Å². The van der Waals surface area contributed by atoms with Gasteiger partial charge in [-0.15, -0.1) is 0 Å². The quantitative estimate of drug-likeness (QED) is 0.0589. The second kappa shape index (κ2) is 16.6. The predicted molar refractivity (Wildman–Crippen MR) is 203 cm³/mol. The van der Waals surface area contributed by atoms with Crippen LogP contribution < -0.4 is 16.0 Å². The van der Waals surface area contributed by atoms with Crippen LogP contribution in [-0.4, -0.2) is 87.3 Å². The van der Waals surface area contributed by atoms with E-state index < -0.39 is 32.7 Å². The molecule has 17 heteroatoms. The Morgan fingerprint density at radius 1 is 1.00 bits per heavy atom. The fourth-order valence-corrected chi connectivity index (χ4v) is 11.9. The number of unbranched alkanes of at least 4 members (excludes halogenated alkanes) is 1. The van der Waals surface area contributed by atoms with Gasteiger partial charge < -0.3 is 26.2 Å². The number of fused-ring (bicyclic) bond motifs is 6. The summed E-state index contributed by atoms with van der Waals surface area (Å²) >= 11 is 0. The molecule has 55 heavy (non-hydrogen) atoms. The van der Waals surface area contributed by atoms with Gasteiger partial charge in [-0.1, -0.05) is 20.8 Å². The number of nitrogens with zero attached hydrogens (tertiary/aromatic N) is 3. The van der Waals surface area contributed by atoms with Crippen LogP contribution in [0.25, 0.3) is 11.0 Å². The summed E-state index contributed by atoms with van der Waals surface area (Å²) < 4.78 is 36.3. The van der Waals surface area contributed by atoms with E-state index >= 15 is 0 Å². The Kier molecular flexibility index (Phi) is 12.4. The Morgan fingerprint density at radius 2 is 1.73 bits per heavy atom. The molecular weight excluding hydrogens is 733 g/mol. The van der Waals surface area contributed by atoms with E-state index in [1.807, 2.05) is 0 Å². The Morgan fingerprint density at radius 3 is 2.47 bits per heavy atom. The molecule has 11 atom stereocenters. The summed E-state index contributed by atoms with van der Waals surface area (Å²) in [6.07, 6.45) is 9.35. The first kappa shape index (κ1) is 41.2. The number of anilines is 1. The maximum absolute atomic E-state index is 13.4. The van der Waals surface area contributed by atoms with Gasteiger partial charge in [-0.2, -0.15) is 8.42 Å². The Labute approximate surface area is 322 Å². The second-order valence-corrected chi connectivity index (χ2v) is 19.0. The summed E-state index contributed by atoms with van der Waals surface area (Å²) in [5, 5.41) is 49.2. The minimum atomic E-state index is -4.29. The third-order valence-corrected chi connectivity index (χ3v) is 15.1. The summed E-state index contributed by atoms with van der Waals surface area (Å²) in [5.74, 6) is 0.730. The van der Waals surface area contributed by atoms with Gasteiger partial charge in [-0.3, -0.25) is 24.3 Å². The van der Waals surface area contributed by atoms with Gasteiger partial charge in [0.15, 0.2) is 5.52 Å². The topological polar surface area (TPSA) is 247 Å². The van der Waals surface area contributed by atoms with Gasteiger partial charge in [0.05, 0.1) is 28.6 Å². The van der Waals surface area contributed by atoms with Crippen molar-refractivity contribution in [3.8, 4) is 0 Å². The zero-order valence-corrected chi connectivity index (χ0v) is 32.9. The summed E-state index contributed by atoms with van der Waals surface area (Å²) in [7, 11) is -4.29. The van der Waals surface area contributed by atoms with E-state index in [-0.39, 0.29) is 76.9 Å². The molecule has 306 valence electrons. The molecule has 0 radical (unpaired) electrons. The number of nitro groups is 1. The number of nitrogens with one attached hydrogen (secondary N) is 3. The number of carbonyl (C=O) groups excluding carboxylic acids is 2. The van der Waals surface area contributed by atoms with Crippen LogP contribution in [0.1, 0.15) is 104 Å². The van der Waals surface area contributed by atoms with Crippen molar-refractivity contribution in [1.29, 1.82) is 0 Å². The highest BCUT2D eigenvalue weighted by Gasteiger charge is 2.62. The monoisotopic (exact) mass is 790 g/mol. The SMILES string of the molecule is C[C@H](CCC(=O)NC(CCCCNc1ccc([N+](=O)[O-])c2nonc12)C(=O)NCCS(=O)(=O)O)[C@H]1CCC2C3C(O)CC4C[C@H](O)CC[C@]4(C)C3CC[C@@]21C. The molecule has 1 aromatic carbocycles. The first-order chi connectivity index (χ1) is 26.0. The molecule has 2 aromatic rings. The molecule has 6 rings (SSSR count). The maximum atomic E-state index is 13.4. The summed E-state index contributed by atoms with van der Waals surface area (Å²) in [4.78, 5) is 37.2. The van der Waals surface area contributed by atoms with Gasteiger partial charge in [-0.05, 0) is 140 Å². The van der Waals surface area contributed by atoms with Crippen LogP contribution in [0.15, 0.2) is 16.8 Å². The molecule has 6 N–H and O–H groups in total. The number of amides is 2. The lowest BCUT2D eigenvalue weighted by molar-refractivity contribution is -0.383. The smallest absolute Gasteiger partial charge is 0.300 e. The van der Waals surface area contributed by atoms with Crippen molar-refractivity contribution in [3.63, 3.8) is 0 Å². The lowest BCUT2D eigenvalue weighted by atomic mass is 9.43. The normalized spacial score (nSPS) is 32.8. The number of hydrogen-bond acceptors (Lipinski definition) is 12. The van der Waals surface area contributed by atoms with Crippen LogP contribution >= 0.6 is 0 Å². The Hall–Kier alpha value is -3.41. The molecule has 16 nitrogen and oxygen atoms in total. The van der Waals surface area contributed by atoms with Crippen molar-refractivity contribution < 1.29 is 42.3 Å². The highest BCUT2D eigenvalue weighted by molar-refractivity contribution is 7.85. The average Bonchev–Trinajstić information content (AvgIpc) is 3.75. The molecule has 2 amide bonds. The second-order valence-electron chi connectivity index (χ2n) is 17.4. The van der Waals surface area contributed by atoms with Crippen LogP contribution in [0, 0.1) is 56.5 Å². The van der Waals surface area contributed by atoms with Gasteiger partial charge in [0.1, 0.15) is 6.04 Å². The van der Waals surface area contributed by atoms with E-state index in [1.54, 1.807) is 0 Å². The van der Waals surface area contributed by atoms with Gasteiger partial charge in [-0.25, -0.2) is 4.63 Å². The van der Waals surface area contributed by atoms with Crippen molar-refractivity contribution in [3.05, 3.63) is 22.2 Å². The Balaban J connectivity index is 1.02. The van der Waals surface area contributed by atoms with E-state index in [0.29, 0.717) is 55.2 Å². The Bertz CT molecular complexity index is 1830. The summed E-state index contributed by atoms with van der Waals surface area (Å²) in [5.41, 5.74) is 0.761. The standard InChI is InChI=1S/C38H58N6O10S/c1-22(25-8-9-26-33-27(14-16-38(25,26)3)37(2)15-13-24(45)20-23(37)21-31(33)46)7-12-32(47)41-29(36(48)40-18-19-55(51,52)53)6-4-5-17-39-28-10-11-30(44(49)50)35-34(28)42-54-43-35/h10-11,22-27,29,31,33,39,45-46H,4-9,12-21H2,1-3H3,(H,40,48)(H,41,47)(H,51,52,53)/t22-,23?,24-,25-,26?,27?,29?,31?,33?,37+,38-/m1/s1. The molecule has 1 aromatic heterocycles. The first-order valence-corrected chi connectivity index (χ1v) is 21.6. The molecule has 0 saturated heterocycles. The van der Waals surface area contributed by atoms with Gasteiger partial charge in [0.2, 0.25) is 17.3 Å². The van der Waals surface area contributed by atoms with E-state index in [4.69, 9.17) is 9.18 Å². The molecule has 4 saturated carbocycles. The molecule has 4 aliphatic rings. The van der Waals surface area contributed by atoms with Crippen molar-refractivity contribution in [1.82, 2.24) is 20.9 Å². The van der Waals surface area contributed by atoms with E-state index in [0.717, 1.165) is 51.4 Å². The number of carbonyl (C=O) groups is 2. The van der Waals surface area contributed by atoms with Crippen LogP contribution in [0.4, 0.5) is 11.4 Å². The van der Waals surface area contributed by atoms with E-state index in [9.17, 15) is 38.3 Å². The minimum Gasteiger partial charge on any atom is -0.393 e. The highest BCUT2D eigenvalue weighted by Crippen LogP contribution is 2.68. The number of non-ortho nitro benzene ring substituents is 1. The lowest BCUT2D eigenvalue weighted by Gasteiger charge is -2.62. The zero-order valence-electron chi connectivity index (χ0n) is 32.1. The van der Waals surface area contributed by atoms with E-state index in [2.05, 4.69) is 47.0 Å². The number of nitro benzene ring substituents is 1. The number of aliphatic hydroxyl groups is 2. The number of aromatic nitrogens is 2. The fourth-order valence-electron chi connectivity index (χ4n) is 11.5. The van der Waals surface area contributed by atoms with Gasteiger partial charge in [0, 0.05) is 25.6 Å². The molecular formula is C38H58N6O10S. The minimum absolute atomic E-state index is 0.0277. The molecule has 0 spiro atoms. The molecule has 4 fully saturated rings. The third-order valence-electron chi connectivity index (χ3n) is 14.4. The third kappa shape index (κ3) is 8.79. The van der Waals surface area contributed by atoms with E-state index in [1.165, 1.54) is 12.1 Å². The highest BCUT2D eigenvalue weighted by atomic mass is 32.2. The largest absolute Gasteiger partial charge is 0.393 e. The van der Waals surface area contributed by atoms with Crippen LogP contribution in [0.3, 0.4) is 0 Å². The van der Waals surface area contributed by atoms with Gasteiger partial charge >= 0.3 is 5.69 Å². The molecule has 6 unspecified atom stereocenters. The number of rotatable bonds is 16. The average molecular weight is 791 g/mol. The lowest BCUT2D eigenvalue weighted by Crippen LogP contribution is -2.58. The predicted octanol–water partition coefficient (Wildman–Crippen LogP) is 4.61. The van der Waals surface area contributed by atoms with Gasteiger partial charge in [0.25, 0.3) is 10.1 Å². The van der Waals surface area contributed by atoms with Crippen LogP contribution in [0.2, 0.25) is 0 Å². The first-order valence-electron chi connectivity index (χ1n) is 20.0. The molecule has 0 bridgehead atoms. The molecule has 0 aliphatic heterocycles. The number of benzene rings is 1. The molecule has 1 heterocycles. The maximum Gasteiger partial charge on any atom is 0.300 e. The number of aliphatic hydroxyl groups excluding tert-OH is 2. The van der Waals surface area contributed by atoms with Crippen LogP contribution in [-0.2, 0) is 19.7 Å². The molecule has 4 aliphatic carbocycles. The number of hydrogen-bond donors (Lipinski definition) is 6. The summed E-state index contributed by atoms with van der Waals surface area (Å²) in [6, 6.07) is 1.91. The van der Waals surface area contributed by atoms with Crippen molar-refractivity contribution in [2.24, 2.45) is 46.3 Å². The van der Waals surface area contributed by atoms with Crippen molar-refractivity contribution >= 4 is 44.3 Å². The zero-order chi connectivity index (χ0) is 39.7. The summed E-state index contributed by atoms with van der Waals surface area (Å²) in [6.45, 7) is 7.16. The fraction of sp³-hybridized carbons (Fsp3) is 0.789.